The van der Waals surface area contributed by atoms with Gasteiger partial charge in [-0.3, -0.25) is 0 Å². The zero-order valence-corrected chi connectivity index (χ0v) is 32.8. The number of nitrogens with zero attached hydrogens (tertiary/aromatic N) is 2. The van der Waals surface area contributed by atoms with Crippen molar-refractivity contribution in [3.63, 3.8) is 0 Å². The lowest BCUT2D eigenvalue weighted by Crippen LogP contribution is -2.11. The molecule has 1 aromatic heterocycles. The molecule has 0 fully saturated rings. The van der Waals surface area contributed by atoms with Crippen molar-refractivity contribution in [1.82, 2.24) is 4.57 Å². The molecule has 1 heterocycles. The van der Waals surface area contributed by atoms with Crippen LogP contribution in [0.25, 0.3) is 82.4 Å². The summed E-state index contributed by atoms with van der Waals surface area (Å²) in [5.41, 5.74) is 15.6. The summed E-state index contributed by atoms with van der Waals surface area (Å²) in [5.74, 6) is 0. The molecule has 278 valence electrons. The zero-order valence-electron chi connectivity index (χ0n) is 32.8. The second-order valence-electron chi connectivity index (χ2n) is 15.3. The number of hydrogen-bond donors (Lipinski definition) is 0. The number of anilines is 3. The number of fused-ring (bicyclic) bond motifs is 5. The second-order valence-corrected chi connectivity index (χ2v) is 15.3. The van der Waals surface area contributed by atoms with Gasteiger partial charge < -0.3 is 9.47 Å². The molecule has 0 amide bonds. The summed E-state index contributed by atoms with van der Waals surface area (Å²) in [6, 6.07) is 81.6. The molecule has 0 aliphatic rings. The van der Waals surface area contributed by atoms with Crippen LogP contribution in [-0.2, 0) is 0 Å². The highest BCUT2D eigenvalue weighted by atomic mass is 15.1. The number of hydrogen-bond acceptors (Lipinski definition) is 1. The van der Waals surface area contributed by atoms with E-state index in [-0.39, 0.29) is 0 Å². The highest BCUT2D eigenvalue weighted by molar-refractivity contribution is 6.21. The molecule has 0 saturated carbocycles. The summed E-state index contributed by atoms with van der Waals surface area (Å²) in [6.45, 7) is 2.19. The first kappa shape index (κ1) is 34.6. The van der Waals surface area contributed by atoms with Crippen molar-refractivity contribution < 1.29 is 0 Å². The van der Waals surface area contributed by atoms with E-state index >= 15 is 0 Å². The number of aryl methyl sites for hydroxylation is 1. The first-order chi connectivity index (χ1) is 29.2. The third kappa shape index (κ3) is 5.88. The van der Waals surface area contributed by atoms with Crippen LogP contribution >= 0.6 is 0 Å². The molecule has 0 bridgehead atoms. The normalized spacial score (nSPS) is 11.5. The predicted octanol–water partition coefficient (Wildman–Crippen LogP) is 15.9. The quantitative estimate of drug-likeness (QED) is 0.147. The Labute approximate surface area is 344 Å². The fourth-order valence-corrected chi connectivity index (χ4v) is 9.18. The third-order valence-electron chi connectivity index (χ3n) is 11.9. The van der Waals surface area contributed by atoms with Gasteiger partial charge in [0.25, 0.3) is 0 Å². The van der Waals surface area contributed by atoms with E-state index in [1.54, 1.807) is 0 Å². The van der Waals surface area contributed by atoms with Gasteiger partial charge in [-0.2, -0.15) is 0 Å². The van der Waals surface area contributed by atoms with Crippen molar-refractivity contribution in [2.24, 2.45) is 0 Å². The van der Waals surface area contributed by atoms with Crippen LogP contribution < -0.4 is 4.90 Å². The molecule has 2 heteroatoms. The summed E-state index contributed by atoms with van der Waals surface area (Å²) >= 11 is 0. The van der Waals surface area contributed by atoms with Gasteiger partial charge in [-0.25, -0.2) is 0 Å². The average molecular weight is 753 g/mol. The van der Waals surface area contributed by atoms with Crippen LogP contribution in [0.15, 0.2) is 224 Å². The Morgan fingerprint density at radius 2 is 0.763 bits per heavy atom. The van der Waals surface area contributed by atoms with E-state index in [0.29, 0.717) is 0 Å². The maximum Gasteiger partial charge on any atom is 0.0541 e. The Hall–Kier alpha value is -7.68. The molecule has 0 radical (unpaired) electrons. The van der Waals surface area contributed by atoms with E-state index in [0.717, 1.165) is 17.1 Å². The van der Waals surface area contributed by atoms with E-state index in [1.165, 1.54) is 88.0 Å². The smallest absolute Gasteiger partial charge is 0.0541 e. The fraction of sp³-hybridized carbons (Fsp3) is 0.0175. The first-order valence-electron chi connectivity index (χ1n) is 20.4. The van der Waals surface area contributed by atoms with E-state index in [9.17, 15) is 0 Å². The van der Waals surface area contributed by atoms with Crippen LogP contribution in [0.2, 0.25) is 0 Å². The van der Waals surface area contributed by atoms with E-state index in [2.05, 4.69) is 241 Å². The van der Waals surface area contributed by atoms with Gasteiger partial charge in [0, 0.05) is 33.5 Å². The first-order valence-corrected chi connectivity index (χ1v) is 20.4. The van der Waals surface area contributed by atoms with Crippen molar-refractivity contribution in [2.75, 3.05) is 4.90 Å². The molecule has 0 unspecified atom stereocenters. The van der Waals surface area contributed by atoms with E-state index in [4.69, 9.17) is 0 Å². The van der Waals surface area contributed by atoms with E-state index in [1.807, 2.05) is 0 Å². The van der Waals surface area contributed by atoms with Crippen LogP contribution in [0, 0.1) is 6.92 Å². The van der Waals surface area contributed by atoms with Gasteiger partial charge in [-0.15, -0.1) is 0 Å². The van der Waals surface area contributed by atoms with Crippen LogP contribution in [0.5, 0.6) is 0 Å². The summed E-state index contributed by atoms with van der Waals surface area (Å²) < 4.78 is 2.37. The molecule has 0 atom stereocenters. The Morgan fingerprint density at radius 1 is 0.322 bits per heavy atom. The lowest BCUT2D eigenvalue weighted by molar-refractivity contribution is 1.18. The Kier molecular flexibility index (Phi) is 8.41. The summed E-state index contributed by atoms with van der Waals surface area (Å²) in [4.78, 5) is 2.38. The number of rotatable bonds is 7. The minimum Gasteiger partial charge on any atom is -0.310 e. The van der Waals surface area contributed by atoms with Crippen LogP contribution in [0.3, 0.4) is 0 Å². The summed E-state index contributed by atoms with van der Waals surface area (Å²) in [6.07, 6.45) is 0. The van der Waals surface area contributed by atoms with Gasteiger partial charge in [0.1, 0.15) is 0 Å². The Morgan fingerprint density at radius 3 is 1.36 bits per heavy atom. The molecule has 0 N–H and O–H groups in total. The zero-order chi connectivity index (χ0) is 39.3. The molecule has 0 saturated heterocycles. The Balaban J connectivity index is 1.00. The minimum atomic E-state index is 1.11. The molecule has 0 aliphatic heterocycles. The molecule has 0 aliphatic carbocycles. The lowest BCUT2D eigenvalue weighted by atomic mass is 9.86. The molecule has 11 aromatic rings. The maximum atomic E-state index is 2.38. The van der Waals surface area contributed by atoms with Crippen LogP contribution in [-0.4, -0.2) is 4.57 Å². The molecule has 59 heavy (non-hydrogen) atoms. The van der Waals surface area contributed by atoms with Gasteiger partial charge in [-0.05, 0) is 128 Å². The lowest BCUT2D eigenvalue weighted by Gasteiger charge is -2.27. The molecular weight excluding hydrogens is 713 g/mol. The van der Waals surface area contributed by atoms with Crippen LogP contribution in [0.1, 0.15) is 5.56 Å². The fourth-order valence-electron chi connectivity index (χ4n) is 9.18. The molecule has 2 nitrogen and oxygen atoms in total. The van der Waals surface area contributed by atoms with Crippen LogP contribution in [0.4, 0.5) is 17.1 Å². The van der Waals surface area contributed by atoms with Gasteiger partial charge in [-0.1, -0.05) is 164 Å². The molecular formula is C57H40N2. The Bertz CT molecular complexity index is 3250. The van der Waals surface area contributed by atoms with Gasteiger partial charge in [0.2, 0.25) is 0 Å². The third-order valence-corrected chi connectivity index (χ3v) is 11.9. The largest absolute Gasteiger partial charge is 0.310 e. The van der Waals surface area contributed by atoms with Crippen molar-refractivity contribution in [3.05, 3.63) is 230 Å². The van der Waals surface area contributed by atoms with E-state index < -0.39 is 0 Å². The number of benzene rings is 10. The average Bonchev–Trinajstić information content (AvgIpc) is 3.64. The van der Waals surface area contributed by atoms with Crippen molar-refractivity contribution in [2.45, 2.75) is 6.92 Å². The highest BCUT2D eigenvalue weighted by Crippen LogP contribution is 2.45. The molecule has 10 aromatic carbocycles. The molecule has 0 spiro atoms. The summed E-state index contributed by atoms with van der Waals surface area (Å²) in [7, 11) is 0. The predicted molar refractivity (Wildman–Crippen MR) is 252 cm³/mol. The van der Waals surface area contributed by atoms with Crippen molar-refractivity contribution in [3.8, 4) is 39.1 Å². The van der Waals surface area contributed by atoms with Gasteiger partial charge in [0.05, 0.1) is 11.0 Å². The van der Waals surface area contributed by atoms with Crippen molar-refractivity contribution >= 4 is 60.4 Å². The van der Waals surface area contributed by atoms with Gasteiger partial charge in [0.15, 0.2) is 0 Å². The molecule has 11 rings (SSSR count). The summed E-state index contributed by atoms with van der Waals surface area (Å²) in [5, 5.41) is 7.55. The highest BCUT2D eigenvalue weighted by Gasteiger charge is 2.19. The second kappa shape index (κ2) is 14.4. The number of aromatic nitrogens is 1. The topological polar surface area (TPSA) is 8.17 Å². The number of para-hydroxylation sites is 3. The SMILES string of the molecule is Cc1ccccc1N(c1ccc(-c2ccc3c(c2)c2ccccc2n3-c2ccccc2)cc1)c1ccc(-c2c3ccccc3c(-c3ccccc3)c3ccccc23)cc1. The monoisotopic (exact) mass is 752 g/mol. The minimum absolute atomic E-state index is 1.11. The van der Waals surface area contributed by atoms with Crippen molar-refractivity contribution in [1.29, 1.82) is 0 Å². The maximum absolute atomic E-state index is 2.38. The van der Waals surface area contributed by atoms with Gasteiger partial charge >= 0.3 is 0 Å². The standard InChI is InChI=1S/C57H40N2/c1-39-16-8-14-26-53(39)58(45-33-28-40(29-34-45)43-32-37-55-52(38-43)47-21-13-15-27-54(47)59(55)44-19-6-3-7-20-44)46-35-30-42(31-36-46)57-50-24-11-9-22-48(50)56(41-17-4-2-5-18-41)49-23-10-12-25-51(49)57/h2-38H,1H3.